The number of likely N-dealkylation sites (N-methyl/N-ethyl adjacent to an activating group) is 1. The smallest absolute Gasteiger partial charge is 0.280 e. The van der Waals surface area contributed by atoms with Crippen LogP contribution in [0.2, 0.25) is 0 Å². The molecule has 1 amide bonds. The Bertz CT molecular complexity index is 739. The van der Waals surface area contributed by atoms with Crippen molar-refractivity contribution in [3.63, 3.8) is 0 Å². The van der Waals surface area contributed by atoms with Crippen molar-refractivity contribution in [3.05, 3.63) is 17.5 Å². The Morgan fingerprint density at radius 3 is 2.68 bits per heavy atom. The summed E-state index contributed by atoms with van der Waals surface area (Å²) in [5.41, 5.74) is 1.62. The number of nitrogens with zero attached hydrogens (tertiary/aromatic N) is 3. The van der Waals surface area contributed by atoms with Gasteiger partial charge in [-0.3, -0.25) is 9.48 Å². The van der Waals surface area contributed by atoms with Gasteiger partial charge in [-0.2, -0.15) is 22.5 Å². The highest BCUT2D eigenvalue weighted by molar-refractivity contribution is 7.87. The number of carbonyl (C=O) groups excluding carboxylic acids is 1. The van der Waals surface area contributed by atoms with Gasteiger partial charge in [0.2, 0.25) is 5.91 Å². The molecule has 2 N–H and O–H groups in total. The number of hydrogen-bond acceptors (Lipinski definition) is 4. The second-order valence-corrected chi connectivity index (χ2v) is 8.72. The highest BCUT2D eigenvalue weighted by Crippen LogP contribution is 2.30. The number of rotatable bonds is 4. The Balaban J connectivity index is 1.82. The van der Waals surface area contributed by atoms with E-state index in [2.05, 4.69) is 15.1 Å². The van der Waals surface area contributed by atoms with E-state index in [1.165, 1.54) is 7.05 Å². The predicted octanol–water partition coefficient (Wildman–Crippen LogP) is 0.850. The van der Waals surface area contributed by atoms with Gasteiger partial charge >= 0.3 is 0 Å². The molecule has 140 valence electrons. The van der Waals surface area contributed by atoms with Gasteiger partial charge < -0.3 is 5.32 Å². The lowest BCUT2D eigenvalue weighted by atomic mass is 10.00. The van der Waals surface area contributed by atoms with E-state index in [0.29, 0.717) is 13.0 Å². The summed E-state index contributed by atoms with van der Waals surface area (Å²) in [6.45, 7) is 4.56. The molecule has 9 heteroatoms. The largest absolute Gasteiger partial charge is 0.352 e. The number of carbonyl (C=O) groups is 1. The molecular formula is C16H27N5O3S. The van der Waals surface area contributed by atoms with Crippen LogP contribution in [0.5, 0.6) is 0 Å². The molecule has 0 bridgehead atoms. The summed E-state index contributed by atoms with van der Waals surface area (Å²) < 4.78 is 30.6. The number of amides is 1. The van der Waals surface area contributed by atoms with Gasteiger partial charge in [0.15, 0.2) is 0 Å². The minimum atomic E-state index is -3.72. The maximum Gasteiger partial charge on any atom is 0.280 e. The van der Waals surface area contributed by atoms with Crippen LogP contribution in [0.25, 0.3) is 0 Å². The van der Waals surface area contributed by atoms with Gasteiger partial charge in [0.1, 0.15) is 6.04 Å². The normalized spacial score (nSPS) is 27.5. The average Bonchev–Trinajstić information content (AvgIpc) is 3.19. The van der Waals surface area contributed by atoms with E-state index in [4.69, 9.17) is 0 Å². The summed E-state index contributed by atoms with van der Waals surface area (Å²) in [4.78, 5) is 12.7. The Labute approximate surface area is 149 Å². The highest BCUT2D eigenvalue weighted by atomic mass is 32.2. The minimum absolute atomic E-state index is 0.168. The van der Waals surface area contributed by atoms with Crippen molar-refractivity contribution in [3.8, 4) is 0 Å². The van der Waals surface area contributed by atoms with Gasteiger partial charge in [-0.1, -0.05) is 12.8 Å². The van der Waals surface area contributed by atoms with Crippen molar-refractivity contribution in [1.82, 2.24) is 24.1 Å². The molecule has 1 saturated heterocycles. The van der Waals surface area contributed by atoms with Crippen LogP contribution < -0.4 is 10.0 Å². The van der Waals surface area contributed by atoms with Gasteiger partial charge in [-0.05, 0) is 33.1 Å². The molecule has 1 aromatic rings. The molecule has 8 nitrogen and oxygen atoms in total. The van der Waals surface area contributed by atoms with Gasteiger partial charge in [-0.25, -0.2) is 0 Å². The van der Waals surface area contributed by atoms with Crippen molar-refractivity contribution in [2.24, 2.45) is 0 Å². The van der Waals surface area contributed by atoms with Crippen molar-refractivity contribution in [2.75, 3.05) is 7.05 Å². The average molecular weight is 369 g/mol. The third-order valence-electron chi connectivity index (χ3n) is 5.26. The fourth-order valence-corrected chi connectivity index (χ4v) is 4.98. The molecule has 1 aliphatic heterocycles. The lowest BCUT2D eigenvalue weighted by molar-refractivity contribution is -0.126. The van der Waals surface area contributed by atoms with E-state index in [-0.39, 0.29) is 11.9 Å². The zero-order chi connectivity index (χ0) is 18.2. The second-order valence-electron chi connectivity index (χ2n) is 6.96. The molecule has 1 aliphatic carbocycles. The number of aromatic nitrogens is 2. The monoisotopic (exact) mass is 369 g/mol. The maximum atomic E-state index is 12.7. The number of aryl methyl sites for hydroxylation is 2. The van der Waals surface area contributed by atoms with Crippen LogP contribution in [-0.2, 0) is 21.5 Å². The molecule has 2 heterocycles. The third kappa shape index (κ3) is 3.73. The van der Waals surface area contributed by atoms with E-state index >= 15 is 0 Å². The first-order chi connectivity index (χ1) is 11.8. The minimum Gasteiger partial charge on any atom is -0.352 e. The Morgan fingerprint density at radius 1 is 1.40 bits per heavy atom. The first-order valence-electron chi connectivity index (χ1n) is 8.91. The topological polar surface area (TPSA) is 96.3 Å². The van der Waals surface area contributed by atoms with E-state index in [1.807, 2.05) is 20.0 Å². The molecule has 2 fully saturated rings. The summed E-state index contributed by atoms with van der Waals surface area (Å²) in [6, 6.07) is -0.983. The van der Waals surface area contributed by atoms with Crippen LogP contribution in [0.4, 0.5) is 0 Å². The van der Waals surface area contributed by atoms with Crippen molar-refractivity contribution in [2.45, 2.75) is 70.6 Å². The molecule has 0 radical (unpaired) electrons. The molecule has 1 aromatic heterocycles. The summed E-state index contributed by atoms with van der Waals surface area (Å²) in [6.07, 6.45) is 6.43. The third-order valence-corrected chi connectivity index (χ3v) is 6.85. The Hall–Kier alpha value is -1.45. The van der Waals surface area contributed by atoms with Crippen LogP contribution >= 0.6 is 0 Å². The predicted molar refractivity (Wildman–Crippen MR) is 94.0 cm³/mol. The van der Waals surface area contributed by atoms with Crippen LogP contribution in [0.15, 0.2) is 6.20 Å². The summed E-state index contributed by atoms with van der Waals surface area (Å²) in [5.74, 6) is -0.204. The Kier molecular flexibility index (Phi) is 5.17. The quantitative estimate of drug-likeness (QED) is 0.822. The fraction of sp³-hybridized carbons (Fsp3) is 0.750. The lowest BCUT2D eigenvalue weighted by Crippen LogP contribution is -2.58. The van der Waals surface area contributed by atoms with E-state index < -0.39 is 22.3 Å². The first-order valence-corrected chi connectivity index (χ1v) is 10.4. The van der Waals surface area contributed by atoms with Crippen LogP contribution in [0.1, 0.15) is 56.3 Å². The maximum absolute atomic E-state index is 12.7. The molecular weight excluding hydrogens is 342 g/mol. The highest BCUT2D eigenvalue weighted by Gasteiger charge is 2.41. The second kappa shape index (κ2) is 7.05. The van der Waals surface area contributed by atoms with Crippen LogP contribution in [0.3, 0.4) is 0 Å². The molecule has 1 saturated carbocycles. The first kappa shape index (κ1) is 18.3. The summed E-state index contributed by atoms with van der Waals surface area (Å²) >= 11 is 0. The van der Waals surface area contributed by atoms with E-state index in [1.54, 1.807) is 4.68 Å². The number of nitrogens with one attached hydrogen (secondary N) is 2. The van der Waals surface area contributed by atoms with Crippen molar-refractivity contribution in [1.29, 1.82) is 0 Å². The fourth-order valence-electron chi connectivity index (χ4n) is 3.72. The standard InChI is InChI=1S/C16H27N5O3S/c1-4-21-10-13(11(2)18-21)14-9-15(20(3)25(23,24)19-14)16(22)17-12-7-5-6-8-12/h10,12,14-15,19H,4-9H2,1-3H3,(H,17,22)/t14-,15+/m0/s1. The van der Waals surface area contributed by atoms with Gasteiger partial charge in [0.05, 0.1) is 11.7 Å². The molecule has 3 rings (SSSR count). The summed E-state index contributed by atoms with van der Waals surface area (Å²) in [7, 11) is -2.26. The van der Waals surface area contributed by atoms with E-state index in [0.717, 1.165) is 41.2 Å². The van der Waals surface area contributed by atoms with Crippen molar-refractivity contribution >= 4 is 16.1 Å². The molecule has 0 unspecified atom stereocenters. The summed E-state index contributed by atoms with van der Waals surface area (Å²) in [5, 5.41) is 7.42. The zero-order valence-corrected chi connectivity index (χ0v) is 15.8. The molecule has 25 heavy (non-hydrogen) atoms. The SMILES string of the molecule is CCn1cc([C@@H]2C[C@H](C(=O)NC3CCCC3)N(C)S(=O)(=O)N2)c(C)n1. The van der Waals surface area contributed by atoms with Gasteiger partial charge in [0.25, 0.3) is 10.2 Å². The van der Waals surface area contributed by atoms with E-state index in [9.17, 15) is 13.2 Å². The van der Waals surface area contributed by atoms with Crippen molar-refractivity contribution < 1.29 is 13.2 Å². The zero-order valence-electron chi connectivity index (χ0n) is 15.0. The molecule has 0 spiro atoms. The molecule has 2 atom stereocenters. The molecule has 0 aromatic carbocycles. The van der Waals surface area contributed by atoms with Crippen LogP contribution in [-0.4, -0.2) is 47.5 Å². The molecule has 2 aliphatic rings. The van der Waals surface area contributed by atoms with Crippen LogP contribution in [0, 0.1) is 6.92 Å². The van der Waals surface area contributed by atoms with Gasteiger partial charge in [0, 0.05) is 31.4 Å². The van der Waals surface area contributed by atoms with Gasteiger partial charge in [-0.15, -0.1) is 0 Å². The lowest BCUT2D eigenvalue weighted by Gasteiger charge is -2.36. The Morgan fingerprint density at radius 2 is 2.08 bits per heavy atom. The number of hydrogen-bond donors (Lipinski definition) is 2.